The normalized spacial score (nSPS) is 12.5. The van der Waals surface area contributed by atoms with E-state index in [4.69, 9.17) is 4.74 Å². The van der Waals surface area contributed by atoms with Crippen LogP contribution in [0.3, 0.4) is 0 Å². The first-order valence-corrected chi connectivity index (χ1v) is 10.8. The molecule has 33 heavy (non-hydrogen) atoms. The van der Waals surface area contributed by atoms with E-state index in [-0.39, 0.29) is 40.2 Å². The summed E-state index contributed by atoms with van der Waals surface area (Å²) in [5.74, 6) is -2.19. The Bertz CT molecular complexity index is 1250. The average Bonchev–Trinajstić information content (AvgIpc) is 2.77. The molecule has 1 aliphatic rings. The van der Waals surface area contributed by atoms with Gasteiger partial charge in [-0.15, -0.1) is 0 Å². The number of hydrogen-bond donors (Lipinski definition) is 2. The molecule has 0 atom stereocenters. The highest BCUT2D eigenvalue weighted by molar-refractivity contribution is 6.30. The second kappa shape index (κ2) is 8.90. The van der Waals surface area contributed by atoms with E-state index < -0.39 is 23.3 Å². The van der Waals surface area contributed by atoms with Gasteiger partial charge in [0.2, 0.25) is 5.78 Å². The van der Waals surface area contributed by atoms with Crippen molar-refractivity contribution >= 4 is 17.5 Å². The standard InChI is InChI=1S/C27H24O6/c1-15(2)12-17-8-6-16(7-9-17)10-11-33-27(32)18-13-20-24(22(29)14-18)26(31)23-19(25(20)30)4-3-5-21(23)28/h3-9,13-15,28-29H,10-12H2,1-2H3. The molecule has 3 aromatic carbocycles. The van der Waals surface area contributed by atoms with Crippen molar-refractivity contribution in [3.8, 4) is 11.5 Å². The van der Waals surface area contributed by atoms with E-state index in [0.717, 1.165) is 18.1 Å². The van der Waals surface area contributed by atoms with Crippen molar-refractivity contribution in [1.29, 1.82) is 0 Å². The van der Waals surface area contributed by atoms with Crippen molar-refractivity contribution in [1.82, 2.24) is 0 Å². The molecule has 0 heterocycles. The van der Waals surface area contributed by atoms with Crippen LogP contribution in [-0.2, 0) is 17.6 Å². The Hall–Kier alpha value is -3.93. The maximum atomic E-state index is 12.9. The van der Waals surface area contributed by atoms with Crippen molar-refractivity contribution in [2.75, 3.05) is 6.61 Å². The van der Waals surface area contributed by atoms with Crippen LogP contribution >= 0.6 is 0 Å². The first-order valence-electron chi connectivity index (χ1n) is 10.8. The minimum absolute atomic E-state index is 0.0247. The van der Waals surface area contributed by atoms with Gasteiger partial charge >= 0.3 is 5.97 Å². The van der Waals surface area contributed by atoms with Gasteiger partial charge in [0.05, 0.1) is 23.3 Å². The summed E-state index contributed by atoms with van der Waals surface area (Å²) in [6.07, 6.45) is 1.52. The molecule has 2 N–H and O–H groups in total. The number of carbonyl (C=O) groups is 3. The van der Waals surface area contributed by atoms with Gasteiger partial charge in [-0.1, -0.05) is 50.2 Å². The molecule has 0 saturated carbocycles. The summed E-state index contributed by atoms with van der Waals surface area (Å²) in [6, 6.07) is 14.7. The van der Waals surface area contributed by atoms with Crippen LogP contribution in [-0.4, -0.2) is 34.4 Å². The number of rotatable bonds is 6. The number of ether oxygens (including phenoxy) is 1. The molecule has 0 fully saturated rings. The first kappa shape index (κ1) is 22.3. The molecular weight excluding hydrogens is 420 g/mol. The van der Waals surface area contributed by atoms with Gasteiger partial charge in [0.25, 0.3) is 0 Å². The highest BCUT2D eigenvalue weighted by Gasteiger charge is 2.35. The number of esters is 1. The average molecular weight is 444 g/mol. The van der Waals surface area contributed by atoms with Gasteiger partial charge in [0.1, 0.15) is 11.5 Å². The molecule has 0 saturated heterocycles. The molecule has 0 unspecified atom stereocenters. The molecule has 0 aliphatic heterocycles. The zero-order valence-corrected chi connectivity index (χ0v) is 18.4. The van der Waals surface area contributed by atoms with Crippen molar-refractivity contribution in [2.24, 2.45) is 5.92 Å². The third-order valence-electron chi connectivity index (χ3n) is 5.63. The van der Waals surface area contributed by atoms with E-state index in [1.807, 2.05) is 12.1 Å². The zero-order valence-electron chi connectivity index (χ0n) is 18.4. The molecule has 0 amide bonds. The molecule has 0 spiro atoms. The Kier molecular flexibility index (Phi) is 6.01. The van der Waals surface area contributed by atoms with E-state index >= 15 is 0 Å². The Morgan fingerprint density at radius 2 is 1.52 bits per heavy atom. The summed E-state index contributed by atoms with van der Waals surface area (Å²) in [4.78, 5) is 38.3. The van der Waals surface area contributed by atoms with Crippen LogP contribution in [0.2, 0.25) is 0 Å². The highest BCUT2D eigenvalue weighted by atomic mass is 16.5. The molecule has 4 rings (SSSR count). The van der Waals surface area contributed by atoms with Gasteiger partial charge in [-0.3, -0.25) is 9.59 Å². The quantitative estimate of drug-likeness (QED) is 0.426. The predicted octanol–water partition coefficient (Wildman–Crippen LogP) is 4.47. The lowest BCUT2D eigenvalue weighted by atomic mass is 9.82. The van der Waals surface area contributed by atoms with Gasteiger partial charge < -0.3 is 14.9 Å². The third-order valence-corrected chi connectivity index (χ3v) is 5.63. The van der Waals surface area contributed by atoms with E-state index in [9.17, 15) is 24.6 Å². The summed E-state index contributed by atoms with van der Waals surface area (Å²) in [5, 5.41) is 20.4. The van der Waals surface area contributed by atoms with Crippen molar-refractivity contribution in [3.63, 3.8) is 0 Å². The second-order valence-electron chi connectivity index (χ2n) is 8.58. The van der Waals surface area contributed by atoms with Gasteiger partial charge in [-0.25, -0.2) is 4.79 Å². The smallest absolute Gasteiger partial charge is 0.338 e. The number of phenols is 2. The number of ketones is 2. The molecule has 1 aliphatic carbocycles. The van der Waals surface area contributed by atoms with Crippen LogP contribution in [0.15, 0.2) is 54.6 Å². The summed E-state index contributed by atoms with van der Waals surface area (Å²) in [5.41, 5.74) is 1.81. The number of aromatic hydroxyl groups is 2. The summed E-state index contributed by atoms with van der Waals surface area (Å²) < 4.78 is 5.34. The molecular formula is C27H24O6. The minimum Gasteiger partial charge on any atom is -0.507 e. The summed E-state index contributed by atoms with van der Waals surface area (Å²) in [6.45, 7) is 4.46. The Morgan fingerprint density at radius 3 is 2.21 bits per heavy atom. The fraction of sp³-hybridized carbons (Fsp3) is 0.222. The lowest BCUT2D eigenvalue weighted by Gasteiger charge is -2.19. The monoisotopic (exact) mass is 444 g/mol. The van der Waals surface area contributed by atoms with Gasteiger partial charge in [0, 0.05) is 17.5 Å². The third kappa shape index (κ3) is 4.37. The van der Waals surface area contributed by atoms with Crippen LogP contribution in [0.1, 0.15) is 67.2 Å². The minimum atomic E-state index is -0.702. The molecule has 168 valence electrons. The van der Waals surface area contributed by atoms with Crippen LogP contribution in [0.25, 0.3) is 0 Å². The van der Waals surface area contributed by atoms with Crippen LogP contribution < -0.4 is 0 Å². The maximum Gasteiger partial charge on any atom is 0.338 e. The van der Waals surface area contributed by atoms with Crippen molar-refractivity contribution in [3.05, 3.63) is 93.5 Å². The lowest BCUT2D eigenvalue weighted by Crippen LogP contribution is -2.22. The van der Waals surface area contributed by atoms with Crippen LogP contribution in [0.5, 0.6) is 11.5 Å². The first-order chi connectivity index (χ1) is 15.8. The predicted molar refractivity (Wildman–Crippen MR) is 122 cm³/mol. The van der Waals surface area contributed by atoms with E-state index in [1.54, 1.807) is 0 Å². The molecule has 6 heteroatoms. The summed E-state index contributed by atoms with van der Waals surface area (Å²) >= 11 is 0. The lowest BCUT2D eigenvalue weighted by molar-refractivity contribution is 0.0508. The highest BCUT2D eigenvalue weighted by Crippen LogP contribution is 2.37. The Labute approximate surface area is 191 Å². The molecule has 3 aromatic rings. The largest absolute Gasteiger partial charge is 0.507 e. The Morgan fingerprint density at radius 1 is 0.848 bits per heavy atom. The number of phenolic OH excluding ortho intramolecular Hbond substituents is 2. The van der Waals surface area contributed by atoms with E-state index in [1.165, 1.54) is 29.8 Å². The van der Waals surface area contributed by atoms with Crippen LogP contribution in [0.4, 0.5) is 0 Å². The van der Waals surface area contributed by atoms with Gasteiger partial charge in [0.15, 0.2) is 5.78 Å². The van der Waals surface area contributed by atoms with Gasteiger partial charge in [-0.2, -0.15) is 0 Å². The van der Waals surface area contributed by atoms with E-state index in [2.05, 4.69) is 26.0 Å². The number of carbonyl (C=O) groups excluding carboxylic acids is 3. The summed E-state index contributed by atoms with van der Waals surface area (Å²) in [7, 11) is 0. The molecule has 0 radical (unpaired) electrons. The zero-order chi connectivity index (χ0) is 23.7. The molecule has 0 bridgehead atoms. The Balaban J connectivity index is 1.49. The van der Waals surface area contributed by atoms with Crippen molar-refractivity contribution < 1.29 is 29.3 Å². The van der Waals surface area contributed by atoms with E-state index in [0.29, 0.717) is 12.3 Å². The second-order valence-corrected chi connectivity index (χ2v) is 8.58. The fourth-order valence-electron chi connectivity index (χ4n) is 4.06. The molecule has 6 nitrogen and oxygen atoms in total. The number of fused-ring (bicyclic) bond motifs is 2. The number of benzene rings is 3. The topological polar surface area (TPSA) is 101 Å². The van der Waals surface area contributed by atoms with Gasteiger partial charge in [-0.05, 0) is 41.7 Å². The SMILES string of the molecule is CC(C)Cc1ccc(CCOC(=O)c2cc(O)c3c(c2)C(=O)c2cccc(O)c2C3=O)cc1. The molecule has 0 aromatic heterocycles. The number of hydrogen-bond acceptors (Lipinski definition) is 6. The fourth-order valence-corrected chi connectivity index (χ4v) is 4.06. The van der Waals surface area contributed by atoms with Crippen molar-refractivity contribution in [2.45, 2.75) is 26.7 Å². The van der Waals surface area contributed by atoms with Crippen LogP contribution in [0, 0.1) is 5.92 Å². The maximum absolute atomic E-state index is 12.9.